The molecule has 0 spiro atoms. The van der Waals surface area contributed by atoms with Crippen molar-refractivity contribution >= 4 is 33.2 Å². The summed E-state index contributed by atoms with van der Waals surface area (Å²) in [4.78, 5) is 42.1. The molecular weight excluding hydrogens is 408 g/mol. The zero-order chi connectivity index (χ0) is 21.9. The van der Waals surface area contributed by atoms with Crippen molar-refractivity contribution in [1.29, 1.82) is 0 Å². The standard InChI is InChI=1S/C20H22N4O5S/c1-30(28,29)16-6-4-5-13(10-16)17-7-2-3-8-24(17)20(27)19(26)23-15-9-14(18(21)25)11-22-12-15/h4-6,9-12,17H,2-3,7-8H2,1H3,(H2,21,25)(H,23,26)/t17-/m0/s1. The van der Waals surface area contributed by atoms with Gasteiger partial charge in [0.05, 0.1) is 28.4 Å². The van der Waals surface area contributed by atoms with Crippen LogP contribution in [0.4, 0.5) is 5.69 Å². The number of nitrogens with one attached hydrogen (secondary N) is 1. The number of benzene rings is 1. The summed E-state index contributed by atoms with van der Waals surface area (Å²) in [5.74, 6) is -2.31. The fourth-order valence-corrected chi connectivity index (χ4v) is 4.11. The number of amides is 3. The highest BCUT2D eigenvalue weighted by atomic mass is 32.2. The van der Waals surface area contributed by atoms with Crippen molar-refractivity contribution in [1.82, 2.24) is 9.88 Å². The van der Waals surface area contributed by atoms with Crippen molar-refractivity contribution in [2.75, 3.05) is 18.1 Å². The van der Waals surface area contributed by atoms with Gasteiger partial charge in [-0.05, 0) is 43.0 Å². The van der Waals surface area contributed by atoms with Crippen molar-refractivity contribution < 1.29 is 22.8 Å². The molecule has 3 rings (SSSR count). The van der Waals surface area contributed by atoms with Crippen molar-refractivity contribution in [2.45, 2.75) is 30.2 Å². The fourth-order valence-electron chi connectivity index (χ4n) is 3.43. The number of carbonyl (C=O) groups excluding carboxylic acids is 3. The molecular formula is C20H22N4O5S. The maximum atomic E-state index is 12.9. The molecule has 1 aromatic heterocycles. The van der Waals surface area contributed by atoms with Crippen LogP contribution < -0.4 is 11.1 Å². The van der Waals surface area contributed by atoms with E-state index in [1.807, 2.05) is 0 Å². The molecule has 2 aromatic rings. The number of nitrogens with zero attached hydrogens (tertiary/aromatic N) is 2. The first kappa shape index (κ1) is 21.4. The molecule has 1 aliphatic rings. The second-order valence-corrected chi connectivity index (χ2v) is 9.15. The lowest BCUT2D eigenvalue weighted by Gasteiger charge is -2.35. The number of hydrogen-bond acceptors (Lipinski definition) is 6. The van der Waals surface area contributed by atoms with Gasteiger partial charge >= 0.3 is 11.8 Å². The van der Waals surface area contributed by atoms with Crippen LogP contribution in [-0.4, -0.2) is 48.8 Å². The number of likely N-dealkylation sites (tertiary alicyclic amines) is 1. The third-order valence-corrected chi connectivity index (χ3v) is 6.02. The number of nitrogens with two attached hydrogens (primary N) is 1. The summed E-state index contributed by atoms with van der Waals surface area (Å²) < 4.78 is 23.8. The number of carbonyl (C=O) groups is 3. The van der Waals surface area contributed by atoms with Gasteiger partial charge in [-0.1, -0.05) is 12.1 Å². The van der Waals surface area contributed by atoms with Gasteiger partial charge in [-0.15, -0.1) is 0 Å². The van der Waals surface area contributed by atoms with Crippen molar-refractivity contribution in [2.24, 2.45) is 5.73 Å². The summed E-state index contributed by atoms with van der Waals surface area (Å²) in [6, 6.07) is 7.36. The Kier molecular flexibility index (Phi) is 6.16. The van der Waals surface area contributed by atoms with Gasteiger partial charge in [0.25, 0.3) is 0 Å². The molecule has 0 saturated carbocycles. The molecule has 1 aromatic carbocycles. The van der Waals surface area contributed by atoms with Crippen molar-refractivity contribution in [3.8, 4) is 0 Å². The van der Waals surface area contributed by atoms with Crippen LogP contribution in [0.15, 0.2) is 47.6 Å². The van der Waals surface area contributed by atoms with E-state index in [1.165, 1.54) is 29.4 Å². The lowest BCUT2D eigenvalue weighted by Crippen LogP contribution is -2.44. The molecule has 0 unspecified atom stereocenters. The highest BCUT2D eigenvalue weighted by Crippen LogP contribution is 2.32. The average Bonchev–Trinajstić information content (AvgIpc) is 2.73. The van der Waals surface area contributed by atoms with E-state index in [0.29, 0.717) is 18.5 Å². The van der Waals surface area contributed by atoms with E-state index in [1.54, 1.807) is 18.2 Å². The van der Waals surface area contributed by atoms with E-state index in [4.69, 9.17) is 5.73 Å². The van der Waals surface area contributed by atoms with Crippen LogP contribution in [0.5, 0.6) is 0 Å². The lowest BCUT2D eigenvalue weighted by atomic mass is 9.95. The Morgan fingerprint density at radius 3 is 2.63 bits per heavy atom. The monoisotopic (exact) mass is 430 g/mol. The van der Waals surface area contributed by atoms with E-state index in [-0.39, 0.29) is 16.1 Å². The van der Waals surface area contributed by atoms with E-state index < -0.39 is 33.6 Å². The van der Waals surface area contributed by atoms with E-state index >= 15 is 0 Å². The second kappa shape index (κ2) is 8.62. The zero-order valence-electron chi connectivity index (χ0n) is 16.4. The predicted molar refractivity (Wildman–Crippen MR) is 109 cm³/mol. The van der Waals surface area contributed by atoms with Crippen LogP contribution in [0.1, 0.15) is 41.2 Å². The Morgan fingerprint density at radius 2 is 1.93 bits per heavy atom. The van der Waals surface area contributed by atoms with Gasteiger partial charge < -0.3 is 16.0 Å². The number of piperidine rings is 1. The first-order valence-corrected chi connectivity index (χ1v) is 11.2. The maximum absolute atomic E-state index is 12.9. The van der Waals surface area contributed by atoms with Crippen molar-refractivity contribution in [3.63, 3.8) is 0 Å². The van der Waals surface area contributed by atoms with Crippen LogP contribution in [0.25, 0.3) is 0 Å². The van der Waals surface area contributed by atoms with Crippen LogP contribution in [-0.2, 0) is 19.4 Å². The predicted octanol–water partition coefficient (Wildman–Crippen LogP) is 1.28. The minimum Gasteiger partial charge on any atom is -0.366 e. The molecule has 0 radical (unpaired) electrons. The summed E-state index contributed by atoms with van der Waals surface area (Å²) in [5.41, 5.74) is 6.15. The van der Waals surface area contributed by atoms with Gasteiger partial charge in [0.1, 0.15) is 0 Å². The van der Waals surface area contributed by atoms with Gasteiger partial charge in [-0.25, -0.2) is 8.42 Å². The number of aromatic nitrogens is 1. The molecule has 3 N–H and O–H groups in total. The van der Waals surface area contributed by atoms with Crippen LogP contribution >= 0.6 is 0 Å². The first-order valence-electron chi connectivity index (χ1n) is 9.33. The molecule has 3 amide bonds. The maximum Gasteiger partial charge on any atom is 0.313 e. The zero-order valence-corrected chi connectivity index (χ0v) is 17.2. The van der Waals surface area contributed by atoms with Gasteiger partial charge in [0.2, 0.25) is 5.91 Å². The quantitative estimate of drug-likeness (QED) is 0.700. The fraction of sp³-hybridized carbons (Fsp3) is 0.300. The molecule has 9 nitrogen and oxygen atoms in total. The summed E-state index contributed by atoms with van der Waals surface area (Å²) >= 11 is 0. The molecule has 1 saturated heterocycles. The molecule has 0 aliphatic carbocycles. The topological polar surface area (TPSA) is 140 Å². The molecule has 1 aliphatic heterocycles. The van der Waals surface area contributed by atoms with E-state index in [2.05, 4.69) is 10.3 Å². The highest BCUT2D eigenvalue weighted by Gasteiger charge is 2.32. The number of sulfone groups is 1. The molecule has 0 bridgehead atoms. The van der Waals surface area contributed by atoms with Crippen LogP contribution in [0.3, 0.4) is 0 Å². The average molecular weight is 430 g/mol. The van der Waals surface area contributed by atoms with E-state index in [9.17, 15) is 22.8 Å². The molecule has 2 heterocycles. The summed E-state index contributed by atoms with van der Waals surface area (Å²) in [6.07, 6.45) is 5.89. The molecule has 10 heteroatoms. The molecule has 1 atom stereocenters. The van der Waals surface area contributed by atoms with Gasteiger partial charge in [-0.3, -0.25) is 19.4 Å². The highest BCUT2D eigenvalue weighted by molar-refractivity contribution is 7.90. The Bertz CT molecular complexity index is 1100. The van der Waals surface area contributed by atoms with Crippen molar-refractivity contribution in [3.05, 3.63) is 53.9 Å². The number of pyridine rings is 1. The summed E-state index contributed by atoms with van der Waals surface area (Å²) in [6.45, 7) is 0.375. The van der Waals surface area contributed by atoms with Gasteiger partial charge in [0.15, 0.2) is 9.84 Å². The number of primary amides is 1. The van der Waals surface area contributed by atoms with Gasteiger partial charge in [-0.2, -0.15) is 0 Å². The Balaban J connectivity index is 1.82. The lowest BCUT2D eigenvalue weighted by molar-refractivity contribution is -0.145. The first-order chi connectivity index (χ1) is 14.2. The molecule has 30 heavy (non-hydrogen) atoms. The Labute approximate surface area is 174 Å². The van der Waals surface area contributed by atoms with Crippen LogP contribution in [0.2, 0.25) is 0 Å². The SMILES string of the molecule is CS(=O)(=O)c1cccc([C@@H]2CCCCN2C(=O)C(=O)Nc2cncc(C(N)=O)c2)c1. The number of anilines is 1. The Morgan fingerprint density at radius 1 is 1.17 bits per heavy atom. The normalized spacial score (nSPS) is 16.7. The third kappa shape index (κ3) is 4.82. The van der Waals surface area contributed by atoms with Gasteiger partial charge in [0, 0.05) is 19.0 Å². The minimum atomic E-state index is -3.40. The smallest absolute Gasteiger partial charge is 0.313 e. The Hall–Kier alpha value is -3.27. The summed E-state index contributed by atoms with van der Waals surface area (Å²) in [5, 5.41) is 2.45. The van der Waals surface area contributed by atoms with E-state index in [0.717, 1.165) is 19.1 Å². The molecule has 158 valence electrons. The largest absolute Gasteiger partial charge is 0.366 e. The second-order valence-electron chi connectivity index (χ2n) is 7.14. The minimum absolute atomic E-state index is 0.105. The summed E-state index contributed by atoms with van der Waals surface area (Å²) in [7, 11) is -3.40. The molecule has 1 fully saturated rings. The number of hydrogen-bond donors (Lipinski definition) is 2. The third-order valence-electron chi connectivity index (χ3n) is 4.91. The number of rotatable bonds is 4. The van der Waals surface area contributed by atoms with Crippen LogP contribution in [0, 0.1) is 0 Å².